The van der Waals surface area contributed by atoms with Gasteiger partial charge in [-0.05, 0) is 36.4 Å². The van der Waals surface area contributed by atoms with Gasteiger partial charge in [0.15, 0.2) is 0 Å². The molecule has 3 heterocycles. The summed E-state index contributed by atoms with van der Waals surface area (Å²) in [5, 5.41) is 9.15. The van der Waals surface area contributed by atoms with Crippen molar-refractivity contribution in [3.05, 3.63) is 61.1 Å². The van der Waals surface area contributed by atoms with Gasteiger partial charge in [-0.2, -0.15) is 0 Å². The first kappa shape index (κ1) is 22.0. The lowest BCUT2D eigenvalue weighted by Gasteiger charge is -2.17. The molecule has 0 saturated carbocycles. The Morgan fingerprint density at radius 1 is 1.06 bits per heavy atom. The molecule has 1 atom stereocenters. The van der Waals surface area contributed by atoms with Crippen LogP contribution in [0.25, 0.3) is 0 Å². The van der Waals surface area contributed by atoms with Crippen molar-refractivity contribution >= 4 is 35.0 Å². The standard InChI is InChI=1S/C23H25N7O3/c1-33-18-7-5-17(6-8-18)30-14-16(12-22(30)31)23(32)26-11-10-25-20-13-21(28-15-27-20)29-19-4-2-3-9-24-19/h2-9,13,15-16H,10-12,14H2,1H3,(H,26,32)(H2,24,25,27,28,29). The number of ether oxygens (including phenoxy) is 1. The number of rotatable bonds is 9. The molecule has 1 unspecified atom stereocenters. The van der Waals surface area contributed by atoms with Gasteiger partial charge in [0.1, 0.15) is 29.5 Å². The summed E-state index contributed by atoms with van der Waals surface area (Å²) in [4.78, 5) is 39.2. The number of carbonyl (C=O) groups is 2. The summed E-state index contributed by atoms with van der Waals surface area (Å²) in [5.74, 6) is 2.05. The molecule has 3 N–H and O–H groups in total. The highest BCUT2D eigenvalue weighted by Gasteiger charge is 2.34. The second-order valence-corrected chi connectivity index (χ2v) is 7.45. The van der Waals surface area contributed by atoms with Gasteiger partial charge in [-0.15, -0.1) is 0 Å². The molecule has 10 nitrogen and oxygen atoms in total. The predicted molar refractivity (Wildman–Crippen MR) is 125 cm³/mol. The number of hydrogen-bond acceptors (Lipinski definition) is 8. The van der Waals surface area contributed by atoms with Crippen LogP contribution in [0.1, 0.15) is 6.42 Å². The average Bonchev–Trinajstić information content (AvgIpc) is 3.24. The van der Waals surface area contributed by atoms with Crippen molar-refractivity contribution in [3.63, 3.8) is 0 Å². The maximum Gasteiger partial charge on any atom is 0.227 e. The van der Waals surface area contributed by atoms with Gasteiger partial charge in [-0.3, -0.25) is 9.59 Å². The maximum atomic E-state index is 12.6. The van der Waals surface area contributed by atoms with Crippen molar-refractivity contribution in [1.82, 2.24) is 20.3 Å². The van der Waals surface area contributed by atoms with E-state index in [1.54, 1.807) is 36.4 Å². The highest BCUT2D eigenvalue weighted by Crippen LogP contribution is 2.26. The van der Waals surface area contributed by atoms with E-state index in [1.807, 2.05) is 30.3 Å². The summed E-state index contributed by atoms with van der Waals surface area (Å²) >= 11 is 0. The molecule has 0 aliphatic carbocycles. The number of hydrogen-bond donors (Lipinski definition) is 3. The van der Waals surface area contributed by atoms with Crippen LogP contribution >= 0.6 is 0 Å². The van der Waals surface area contributed by atoms with Crippen LogP contribution in [0.3, 0.4) is 0 Å². The molecule has 33 heavy (non-hydrogen) atoms. The molecule has 0 bridgehead atoms. The molecule has 3 aromatic rings. The van der Waals surface area contributed by atoms with Gasteiger partial charge in [0.2, 0.25) is 11.8 Å². The average molecular weight is 447 g/mol. The van der Waals surface area contributed by atoms with Crippen molar-refractivity contribution in [3.8, 4) is 5.75 Å². The zero-order valence-corrected chi connectivity index (χ0v) is 18.2. The minimum Gasteiger partial charge on any atom is -0.497 e. The van der Waals surface area contributed by atoms with E-state index in [-0.39, 0.29) is 24.2 Å². The number of benzene rings is 1. The second kappa shape index (κ2) is 10.4. The molecule has 1 aliphatic heterocycles. The quantitative estimate of drug-likeness (QED) is 0.427. The van der Waals surface area contributed by atoms with E-state index in [9.17, 15) is 9.59 Å². The van der Waals surface area contributed by atoms with Gasteiger partial charge in [0.25, 0.3) is 0 Å². The largest absolute Gasteiger partial charge is 0.497 e. The Bertz CT molecular complexity index is 1090. The van der Waals surface area contributed by atoms with E-state index < -0.39 is 0 Å². The monoisotopic (exact) mass is 447 g/mol. The van der Waals surface area contributed by atoms with Crippen LogP contribution in [0, 0.1) is 5.92 Å². The maximum absolute atomic E-state index is 12.6. The molecule has 2 aromatic heterocycles. The molecule has 1 saturated heterocycles. The van der Waals surface area contributed by atoms with Crippen molar-refractivity contribution < 1.29 is 14.3 Å². The summed E-state index contributed by atoms with van der Waals surface area (Å²) in [6, 6.07) is 14.6. The number of anilines is 4. The van der Waals surface area contributed by atoms with E-state index in [1.165, 1.54) is 6.33 Å². The first-order valence-electron chi connectivity index (χ1n) is 10.6. The minimum atomic E-state index is -0.382. The van der Waals surface area contributed by atoms with E-state index in [0.717, 1.165) is 11.4 Å². The summed E-state index contributed by atoms with van der Waals surface area (Å²) in [6.07, 6.45) is 3.34. The molecular formula is C23H25N7O3. The van der Waals surface area contributed by atoms with Crippen LogP contribution in [0.4, 0.5) is 23.1 Å². The van der Waals surface area contributed by atoms with Gasteiger partial charge < -0.3 is 25.6 Å². The number of carbonyl (C=O) groups excluding carboxylic acids is 2. The van der Waals surface area contributed by atoms with Crippen molar-refractivity contribution in [1.29, 1.82) is 0 Å². The third kappa shape index (κ3) is 5.73. The zero-order valence-electron chi connectivity index (χ0n) is 18.2. The Kier molecular flexibility index (Phi) is 6.93. The van der Waals surface area contributed by atoms with Crippen LogP contribution in [0.5, 0.6) is 5.75 Å². The number of nitrogens with one attached hydrogen (secondary N) is 3. The lowest BCUT2D eigenvalue weighted by Crippen LogP contribution is -2.35. The van der Waals surface area contributed by atoms with E-state index >= 15 is 0 Å². The van der Waals surface area contributed by atoms with E-state index in [2.05, 4.69) is 30.9 Å². The number of amides is 2. The molecule has 0 radical (unpaired) electrons. The summed E-state index contributed by atoms with van der Waals surface area (Å²) < 4.78 is 5.15. The number of methoxy groups -OCH3 is 1. The zero-order chi connectivity index (χ0) is 23.0. The summed E-state index contributed by atoms with van der Waals surface area (Å²) in [5.41, 5.74) is 0.761. The molecule has 10 heteroatoms. The number of pyridine rings is 1. The van der Waals surface area contributed by atoms with Gasteiger partial charge in [0, 0.05) is 44.0 Å². The second-order valence-electron chi connectivity index (χ2n) is 7.45. The van der Waals surface area contributed by atoms with Crippen LogP contribution in [-0.2, 0) is 9.59 Å². The van der Waals surface area contributed by atoms with E-state index in [0.29, 0.717) is 37.1 Å². The number of nitrogens with zero attached hydrogens (tertiary/aromatic N) is 4. The summed E-state index contributed by atoms with van der Waals surface area (Å²) in [6.45, 7) is 1.24. The molecule has 170 valence electrons. The van der Waals surface area contributed by atoms with Gasteiger partial charge in [-0.25, -0.2) is 15.0 Å². The fourth-order valence-corrected chi connectivity index (χ4v) is 3.51. The van der Waals surface area contributed by atoms with Gasteiger partial charge in [0.05, 0.1) is 13.0 Å². The lowest BCUT2D eigenvalue weighted by atomic mass is 10.1. The Morgan fingerprint density at radius 2 is 1.88 bits per heavy atom. The Morgan fingerprint density at radius 3 is 2.64 bits per heavy atom. The Hall–Kier alpha value is -4.21. The topological polar surface area (TPSA) is 121 Å². The SMILES string of the molecule is COc1ccc(N2CC(C(=O)NCCNc3cc(Nc4ccccn4)ncn3)CC2=O)cc1. The van der Waals surface area contributed by atoms with Crippen LogP contribution in [0.2, 0.25) is 0 Å². The van der Waals surface area contributed by atoms with Crippen molar-refractivity contribution in [2.75, 3.05) is 42.3 Å². The highest BCUT2D eigenvalue weighted by molar-refractivity contribution is 6.00. The van der Waals surface area contributed by atoms with Crippen LogP contribution in [0.15, 0.2) is 61.1 Å². The smallest absolute Gasteiger partial charge is 0.227 e. The molecule has 1 aliphatic rings. The molecule has 4 rings (SSSR count). The van der Waals surface area contributed by atoms with Crippen molar-refractivity contribution in [2.24, 2.45) is 5.92 Å². The third-order valence-electron chi connectivity index (χ3n) is 5.20. The van der Waals surface area contributed by atoms with Gasteiger partial charge >= 0.3 is 0 Å². The number of aromatic nitrogens is 3. The molecule has 1 fully saturated rings. The Labute approximate surface area is 191 Å². The van der Waals surface area contributed by atoms with Gasteiger partial charge in [-0.1, -0.05) is 6.07 Å². The molecule has 1 aromatic carbocycles. The fourth-order valence-electron chi connectivity index (χ4n) is 3.51. The lowest BCUT2D eigenvalue weighted by molar-refractivity contribution is -0.126. The van der Waals surface area contributed by atoms with Crippen LogP contribution in [-0.4, -0.2) is 53.5 Å². The molecular weight excluding hydrogens is 422 g/mol. The van der Waals surface area contributed by atoms with E-state index in [4.69, 9.17) is 4.74 Å². The third-order valence-corrected chi connectivity index (χ3v) is 5.20. The van der Waals surface area contributed by atoms with Crippen molar-refractivity contribution in [2.45, 2.75) is 6.42 Å². The first-order valence-corrected chi connectivity index (χ1v) is 10.6. The normalized spacial score (nSPS) is 15.2. The highest BCUT2D eigenvalue weighted by atomic mass is 16.5. The summed E-state index contributed by atoms with van der Waals surface area (Å²) in [7, 11) is 1.59. The fraction of sp³-hybridized carbons (Fsp3) is 0.261. The minimum absolute atomic E-state index is 0.0626. The Balaban J connectivity index is 1.23. The molecule has 0 spiro atoms. The predicted octanol–water partition coefficient (Wildman–Crippen LogP) is 2.20. The molecule has 2 amide bonds. The first-order chi connectivity index (χ1) is 16.1. The van der Waals surface area contributed by atoms with Crippen LogP contribution < -0.4 is 25.6 Å².